The number of rotatable bonds is 6. The van der Waals surface area contributed by atoms with Gasteiger partial charge < -0.3 is 24.6 Å². The highest BCUT2D eigenvalue weighted by Gasteiger charge is 2.33. The van der Waals surface area contributed by atoms with Gasteiger partial charge in [-0.1, -0.05) is 13.8 Å². The Morgan fingerprint density at radius 3 is 2.25 bits per heavy atom. The van der Waals surface area contributed by atoms with Crippen molar-refractivity contribution in [3.05, 3.63) is 23.9 Å². The highest BCUT2D eigenvalue weighted by atomic mass is 16.6. The van der Waals surface area contributed by atoms with Crippen LogP contribution < -0.4 is 10.1 Å². The average molecular weight is 449 g/mol. The third-order valence-electron chi connectivity index (χ3n) is 5.04. The molecule has 1 N–H and O–H groups in total. The van der Waals surface area contributed by atoms with Crippen LogP contribution in [0.5, 0.6) is 5.88 Å². The Hall–Kier alpha value is -2.84. The Bertz CT molecular complexity index is 794. The molecule has 0 bridgehead atoms. The Morgan fingerprint density at radius 1 is 1.16 bits per heavy atom. The van der Waals surface area contributed by atoms with Gasteiger partial charge in [0, 0.05) is 52.3 Å². The minimum absolute atomic E-state index is 0.0711. The molecule has 9 nitrogen and oxygen atoms in total. The van der Waals surface area contributed by atoms with Crippen molar-refractivity contribution < 1.29 is 23.9 Å². The van der Waals surface area contributed by atoms with E-state index in [-0.39, 0.29) is 23.8 Å². The summed E-state index contributed by atoms with van der Waals surface area (Å²) >= 11 is 0. The topological polar surface area (TPSA) is 101 Å². The number of nitrogens with one attached hydrogen (secondary N) is 1. The number of hydrogen-bond donors (Lipinski definition) is 1. The van der Waals surface area contributed by atoms with Crippen LogP contribution in [0, 0.1) is 5.92 Å². The second kappa shape index (κ2) is 10.7. The minimum atomic E-state index is -0.647. The molecule has 178 valence electrons. The lowest BCUT2D eigenvalue weighted by molar-refractivity contribution is -0.136. The second-order valence-corrected chi connectivity index (χ2v) is 9.60. The number of piperidine rings is 1. The van der Waals surface area contributed by atoms with Crippen molar-refractivity contribution in [3.8, 4) is 5.88 Å². The largest absolute Gasteiger partial charge is 0.474 e. The second-order valence-electron chi connectivity index (χ2n) is 9.60. The number of nitrogens with zero attached hydrogens (tertiary/aromatic N) is 3. The van der Waals surface area contributed by atoms with E-state index in [0.717, 1.165) is 0 Å². The molecule has 9 heteroatoms. The number of likely N-dealkylation sites (tertiary alicyclic amines) is 1. The third kappa shape index (κ3) is 7.39. The van der Waals surface area contributed by atoms with E-state index >= 15 is 0 Å². The standard InChI is InChI=1S/C23H36N4O5/c1-15(2)19(25-22(30)32-23(3,4)5)21(29)27-12-10-17(11-13-27)31-18-9-8-16(14-24-18)20(28)26(6)7/h8-9,14-15,17,19H,10-13H2,1-7H3,(H,25,30)/t19-/m0/s1. The summed E-state index contributed by atoms with van der Waals surface area (Å²) in [5.41, 5.74) is -0.129. The van der Waals surface area contributed by atoms with Gasteiger partial charge in [-0.05, 0) is 32.8 Å². The van der Waals surface area contributed by atoms with Crippen LogP contribution in [0.3, 0.4) is 0 Å². The van der Waals surface area contributed by atoms with Gasteiger partial charge in [0.1, 0.15) is 17.7 Å². The first-order valence-corrected chi connectivity index (χ1v) is 11.0. The van der Waals surface area contributed by atoms with E-state index in [1.165, 1.54) is 11.1 Å². The molecule has 0 radical (unpaired) electrons. The van der Waals surface area contributed by atoms with Crippen molar-refractivity contribution in [1.82, 2.24) is 20.1 Å². The van der Waals surface area contributed by atoms with E-state index in [2.05, 4.69) is 10.3 Å². The Kier molecular flexibility index (Phi) is 8.46. The van der Waals surface area contributed by atoms with Gasteiger partial charge in [-0.25, -0.2) is 9.78 Å². The fourth-order valence-corrected chi connectivity index (χ4v) is 3.34. The highest BCUT2D eigenvalue weighted by Crippen LogP contribution is 2.20. The zero-order valence-corrected chi connectivity index (χ0v) is 20.2. The number of alkyl carbamates (subject to hydrolysis) is 1. The molecule has 1 aliphatic heterocycles. The normalized spacial score (nSPS) is 15.8. The maximum Gasteiger partial charge on any atom is 0.408 e. The van der Waals surface area contributed by atoms with E-state index < -0.39 is 17.7 Å². The molecule has 2 rings (SSSR count). The zero-order chi connectivity index (χ0) is 24.1. The highest BCUT2D eigenvalue weighted by molar-refractivity contribution is 5.93. The van der Waals surface area contributed by atoms with Gasteiger partial charge in [0.15, 0.2) is 0 Å². The van der Waals surface area contributed by atoms with Gasteiger partial charge in [0.25, 0.3) is 5.91 Å². The lowest BCUT2D eigenvalue weighted by Gasteiger charge is -2.35. The summed E-state index contributed by atoms with van der Waals surface area (Å²) in [5, 5.41) is 2.72. The molecule has 32 heavy (non-hydrogen) atoms. The van der Waals surface area contributed by atoms with Crippen LogP contribution in [0.2, 0.25) is 0 Å². The van der Waals surface area contributed by atoms with Crippen LogP contribution >= 0.6 is 0 Å². The monoisotopic (exact) mass is 448 g/mol. The maximum absolute atomic E-state index is 13.0. The summed E-state index contributed by atoms with van der Waals surface area (Å²) in [6.07, 6.45) is 2.15. The zero-order valence-electron chi connectivity index (χ0n) is 20.2. The van der Waals surface area contributed by atoms with Gasteiger partial charge >= 0.3 is 6.09 Å². The molecule has 1 aromatic heterocycles. The Morgan fingerprint density at radius 2 is 1.78 bits per heavy atom. The van der Waals surface area contributed by atoms with Gasteiger partial charge in [-0.15, -0.1) is 0 Å². The number of carbonyl (C=O) groups is 3. The van der Waals surface area contributed by atoms with E-state index in [0.29, 0.717) is 37.4 Å². The number of hydrogen-bond acceptors (Lipinski definition) is 6. The third-order valence-corrected chi connectivity index (χ3v) is 5.04. The number of ether oxygens (including phenoxy) is 2. The maximum atomic E-state index is 13.0. The molecule has 3 amide bonds. The van der Waals surface area contributed by atoms with Gasteiger partial charge in [0.2, 0.25) is 11.8 Å². The smallest absolute Gasteiger partial charge is 0.408 e. The molecule has 0 aliphatic carbocycles. The average Bonchev–Trinajstić information content (AvgIpc) is 2.70. The summed E-state index contributed by atoms with van der Waals surface area (Å²) < 4.78 is 11.2. The van der Waals surface area contributed by atoms with Crippen LogP contribution in [-0.4, -0.2) is 77.6 Å². The van der Waals surface area contributed by atoms with Crippen molar-refractivity contribution >= 4 is 17.9 Å². The lowest BCUT2D eigenvalue weighted by Crippen LogP contribution is -2.54. The van der Waals surface area contributed by atoms with E-state index in [4.69, 9.17) is 9.47 Å². The van der Waals surface area contributed by atoms with Crippen molar-refractivity contribution in [2.75, 3.05) is 27.2 Å². The van der Waals surface area contributed by atoms with Crippen LogP contribution in [-0.2, 0) is 9.53 Å². The predicted octanol–water partition coefficient (Wildman–Crippen LogP) is 2.70. The van der Waals surface area contributed by atoms with Crippen LogP contribution in [0.15, 0.2) is 18.3 Å². The molecule has 1 fully saturated rings. The molecule has 0 spiro atoms. The van der Waals surface area contributed by atoms with Crippen molar-refractivity contribution in [3.63, 3.8) is 0 Å². The molecule has 1 aromatic rings. The molecule has 0 saturated carbocycles. The Balaban J connectivity index is 1.89. The minimum Gasteiger partial charge on any atom is -0.474 e. The molecular formula is C23H36N4O5. The Labute approximate surface area is 190 Å². The summed E-state index contributed by atoms with van der Waals surface area (Å²) in [4.78, 5) is 44.6. The first-order valence-electron chi connectivity index (χ1n) is 11.0. The summed E-state index contributed by atoms with van der Waals surface area (Å²) in [6.45, 7) is 10.2. The number of carbonyl (C=O) groups excluding carboxylic acids is 3. The summed E-state index contributed by atoms with van der Waals surface area (Å²) in [5.74, 6) is 0.151. The van der Waals surface area contributed by atoms with Crippen molar-refractivity contribution in [2.24, 2.45) is 5.92 Å². The molecule has 0 aromatic carbocycles. The van der Waals surface area contributed by atoms with Gasteiger partial charge in [-0.3, -0.25) is 9.59 Å². The van der Waals surface area contributed by atoms with E-state index in [1.807, 2.05) is 13.8 Å². The number of amides is 3. The fraction of sp³-hybridized carbons (Fsp3) is 0.652. The molecule has 0 unspecified atom stereocenters. The van der Waals surface area contributed by atoms with Crippen molar-refractivity contribution in [2.45, 2.75) is 65.2 Å². The molecular weight excluding hydrogens is 412 g/mol. The van der Waals surface area contributed by atoms with Crippen LogP contribution in [0.25, 0.3) is 0 Å². The van der Waals surface area contributed by atoms with Gasteiger partial charge in [-0.2, -0.15) is 0 Å². The van der Waals surface area contributed by atoms with E-state index in [9.17, 15) is 14.4 Å². The summed E-state index contributed by atoms with van der Waals surface area (Å²) in [6, 6.07) is 2.73. The van der Waals surface area contributed by atoms with E-state index in [1.54, 1.807) is 51.9 Å². The predicted molar refractivity (Wildman–Crippen MR) is 120 cm³/mol. The summed E-state index contributed by atoms with van der Waals surface area (Å²) in [7, 11) is 3.38. The molecule has 1 atom stereocenters. The lowest BCUT2D eigenvalue weighted by atomic mass is 10.0. The van der Waals surface area contributed by atoms with Gasteiger partial charge in [0.05, 0.1) is 5.56 Å². The van der Waals surface area contributed by atoms with Crippen LogP contribution in [0.4, 0.5) is 4.79 Å². The van der Waals surface area contributed by atoms with Crippen molar-refractivity contribution in [1.29, 1.82) is 0 Å². The molecule has 1 saturated heterocycles. The van der Waals surface area contributed by atoms with Crippen LogP contribution in [0.1, 0.15) is 57.8 Å². The first-order chi connectivity index (χ1) is 14.9. The molecule has 2 heterocycles. The number of aromatic nitrogens is 1. The SMILES string of the molecule is CC(C)[C@H](NC(=O)OC(C)(C)C)C(=O)N1CCC(Oc2ccc(C(=O)N(C)C)cn2)CC1. The number of pyridine rings is 1. The fourth-order valence-electron chi connectivity index (χ4n) is 3.34. The first kappa shape index (κ1) is 25.4. The molecule has 1 aliphatic rings. The quantitative estimate of drug-likeness (QED) is 0.718.